The van der Waals surface area contributed by atoms with E-state index in [-0.39, 0.29) is 36.8 Å². The van der Waals surface area contributed by atoms with Gasteiger partial charge in [-0.1, -0.05) is 0 Å². The molecule has 2 aromatic rings. The lowest BCUT2D eigenvalue weighted by atomic mass is 10.1. The molecule has 1 aromatic carbocycles. The molecule has 0 unspecified atom stereocenters. The maximum atomic E-state index is 12.4. The van der Waals surface area contributed by atoms with Gasteiger partial charge in [0.05, 0.1) is 23.8 Å². The summed E-state index contributed by atoms with van der Waals surface area (Å²) in [5.41, 5.74) is -0.817. The van der Waals surface area contributed by atoms with Gasteiger partial charge < -0.3 is 23.9 Å². The van der Waals surface area contributed by atoms with Crippen LogP contribution in [0.25, 0.3) is 0 Å². The third-order valence-electron chi connectivity index (χ3n) is 3.75. The Kier molecular flexibility index (Phi) is 5.25. The highest BCUT2D eigenvalue weighted by Gasteiger charge is 2.29. The molecule has 0 fully saturated rings. The van der Waals surface area contributed by atoms with E-state index in [4.69, 9.17) is 18.6 Å². The number of rotatable bonds is 6. The molecule has 0 bridgehead atoms. The molecule has 10 nitrogen and oxygen atoms in total. The summed E-state index contributed by atoms with van der Waals surface area (Å²) in [6, 6.07) is 5.64. The summed E-state index contributed by atoms with van der Waals surface area (Å²) in [6.45, 7) is 1.99. The molecule has 0 aliphatic carbocycles. The van der Waals surface area contributed by atoms with E-state index in [0.29, 0.717) is 5.76 Å². The number of esters is 1. The molecule has 27 heavy (non-hydrogen) atoms. The maximum Gasteiger partial charge on any atom is 0.346 e. The third kappa shape index (κ3) is 4.17. The van der Waals surface area contributed by atoms with E-state index in [9.17, 15) is 19.7 Å². The van der Waals surface area contributed by atoms with Crippen molar-refractivity contribution in [3.05, 3.63) is 52.0 Å². The first-order chi connectivity index (χ1) is 13.0. The van der Waals surface area contributed by atoms with Gasteiger partial charge in [0.2, 0.25) is 0 Å². The fraction of sp³-hybridized carbons (Fsp3) is 0.294. The lowest BCUT2D eigenvalue weighted by molar-refractivity contribution is -0.385. The molecular weight excluding hydrogens is 360 g/mol. The molecule has 1 aromatic heterocycles. The zero-order valence-corrected chi connectivity index (χ0v) is 14.3. The van der Waals surface area contributed by atoms with Gasteiger partial charge in [0.15, 0.2) is 17.6 Å². The molecular formula is C17H16N2O8. The number of hydrogen-bond donors (Lipinski definition) is 1. The number of furan rings is 1. The van der Waals surface area contributed by atoms with Crippen molar-refractivity contribution in [3.8, 4) is 11.5 Å². The Balaban J connectivity index is 1.71. The summed E-state index contributed by atoms with van der Waals surface area (Å²) in [6.07, 6.45) is 0.298. The van der Waals surface area contributed by atoms with E-state index in [1.165, 1.54) is 19.3 Å². The summed E-state index contributed by atoms with van der Waals surface area (Å²) >= 11 is 0. The summed E-state index contributed by atoms with van der Waals surface area (Å²) in [7, 11) is 0. The van der Waals surface area contributed by atoms with E-state index in [1.54, 1.807) is 12.1 Å². The predicted octanol–water partition coefficient (Wildman–Crippen LogP) is 1.82. The van der Waals surface area contributed by atoms with Gasteiger partial charge in [-0.3, -0.25) is 14.9 Å². The van der Waals surface area contributed by atoms with Crippen molar-refractivity contribution >= 4 is 17.6 Å². The van der Waals surface area contributed by atoms with Crippen molar-refractivity contribution in [1.82, 2.24) is 5.32 Å². The molecule has 1 N–H and O–H groups in total. The molecule has 1 amide bonds. The Morgan fingerprint density at radius 2 is 2.00 bits per heavy atom. The van der Waals surface area contributed by atoms with Crippen molar-refractivity contribution < 1.29 is 33.1 Å². The van der Waals surface area contributed by atoms with Crippen LogP contribution in [0.2, 0.25) is 0 Å². The van der Waals surface area contributed by atoms with Gasteiger partial charge >= 0.3 is 5.97 Å². The fourth-order valence-corrected chi connectivity index (χ4v) is 2.40. The first-order valence-electron chi connectivity index (χ1n) is 8.05. The van der Waals surface area contributed by atoms with Crippen LogP contribution in [0, 0.1) is 10.1 Å². The Bertz CT molecular complexity index is 862. The standard InChI is InChI=1S/C17H16N2O8/c1-10(16(20)18-9-11-3-2-4-24-11)27-17(21)12-7-14-15(26-6-5-25-14)8-13(12)19(22)23/h2-4,7-8,10H,5-6,9H2,1H3,(H,18,20)/t10-/m1/s1. The summed E-state index contributed by atoms with van der Waals surface area (Å²) in [4.78, 5) is 35.0. The fourth-order valence-electron chi connectivity index (χ4n) is 2.40. The van der Waals surface area contributed by atoms with Crippen LogP contribution in [0.5, 0.6) is 11.5 Å². The normalized spacial score (nSPS) is 13.5. The van der Waals surface area contributed by atoms with E-state index >= 15 is 0 Å². The summed E-state index contributed by atoms with van der Waals surface area (Å²) in [5.74, 6) is -0.675. The van der Waals surface area contributed by atoms with Crippen LogP contribution in [0.1, 0.15) is 23.0 Å². The number of nitrogens with zero attached hydrogens (tertiary/aromatic N) is 1. The largest absolute Gasteiger partial charge is 0.486 e. The minimum atomic E-state index is -1.17. The number of ether oxygens (including phenoxy) is 3. The minimum absolute atomic E-state index is 0.123. The average Bonchev–Trinajstić information content (AvgIpc) is 3.18. The average molecular weight is 376 g/mol. The van der Waals surface area contributed by atoms with Crippen molar-refractivity contribution in [2.75, 3.05) is 13.2 Å². The zero-order valence-electron chi connectivity index (χ0n) is 14.3. The number of carbonyl (C=O) groups excluding carboxylic acids is 2. The first-order valence-corrected chi connectivity index (χ1v) is 8.05. The molecule has 0 radical (unpaired) electrons. The quantitative estimate of drug-likeness (QED) is 0.459. The topological polar surface area (TPSA) is 130 Å². The van der Waals surface area contributed by atoms with E-state index < -0.39 is 28.6 Å². The zero-order chi connectivity index (χ0) is 19.4. The predicted molar refractivity (Wildman–Crippen MR) is 89.5 cm³/mol. The maximum absolute atomic E-state index is 12.4. The number of carbonyl (C=O) groups is 2. The lowest BCUT2D eigenvalue weighted by Crippen LogP contribution is -2.35. The van der Waals surface area contributed by atoms with Crippen molar-refractivity contribution in [2.45, 2.75) is 19.6 Å². The van der Waals surface area contributed by atoms with Crippen LogP contribution >= 0.6 is 0 Å². The number of benzene rings is 1. The van der Waals surface area contributed by atoms with Gasteiger partial charge in [-0.2, -0.15) is 0 Å². The SMILES string of the molecule is C[C@@H](OC(=O)c1cc2c(cc1[N+](=O)[O-])OCCO2)C(=O)NCc1ccco1. The Morgan fingerprint density at radius 3 is 2.63 bits per heavy atom. The molecule has 142 valence electrons. The minimum Gasteiger partial charge on any atom is -0.486 e. The molecule has 1 aliphatic rings. The molecule has 2 heterocycles. The van der Waals surface area contributed by atoms with Crippen LogP contribution in [0.3, 0.4) is 0 Å². The highest BCUT2D eigenvalue weighted by Crippen LogP contribution is 2.37. The van der Waals surface area contributed by atoms with Gasteiger partial charge in [-0.05, 0) is 19.1 Å². The second kappa shape index (κ2) is 7.77. The van der Waals surface area contributed by atoms with Crippen LogP contribution in [0.4, 0.5) is 5.69 Å². The van der Waals surface area contributed by atoms with Crippen LogP contribution in [0.15, 0.2) is 34.9 Å². The molecule has 1 aliphatic heterocycles. The van der Waals surface area contributed by atoms with Gasteiger partial charge in [0.1, 0.15) is 24.5 Å². The third-order valence-corrected chi connectivity index (χ3v) is 3.75. The second-order valence-electron chi connectivity index (χ2n) is 5.61. The van der Waals surface area contributed by atoms with Gasteiger partial charge in [0, 0.05) is 6.07 Å². The monoisotopic (exact) mass is 376 g/mol. The van der Waals surface area contributed by atoms with Crippen molar-refractivity contribution in [1.29, 1.82) is 0 Å². The molecule has 3 rings (SSSR count). The molecule has 0 spiro atoms. The Morgan fingerprint density at radius 1 is 1.30 bits per heavy atom. The van der Waals surface area contributed by atoms with Gasteiger partial charge in [0.25, 0.3) is 11.6 Å². The number of nitro benzene ring substituents is 1. The Hall–Kier alpha value is -3.56. The highest BCUT2D eigenvalue weighted by molar-refractivity contribution is 5.96. The molecule has 0 saturated carbocycles. The highest BCUT2D eigenvalue weighted by atomic mass is 16.6. The van der Waals surface area contributed by atoms with Crippen LogP contribution in [-0.2, 0) is 16.1 Å². The van der Waals surface area contributed by atoms with Crippen LogP contribution < -0.4 is 14.8 Å². The summed E-state index contributed by atoms with van der Waals surface area (Å²) in [5, 5.41) is 13.8. The molecule has 10 heteroatoms. The van der Waals surface area contributed by atoms with E-state index in [0.717, 1.165) is 6.07 Å². The van der Waals surface area contributed by atoms with Crippen LogP contribution in [-0.4, -0.2) is 36.1 Å². The molecule has 0 saturated heterocycles. The second-order valence-corrected chi connectivity index (χ2v) is 5.61. The summed E-state index contributed by atoms with van der Waals surface area (Å²) < 4.78 is 20.8. The van der Waals surface area contributed by atoms with Crippen molar-refractivity contribution in [3.63, 3.8) is 0 Å². The number of nitrogens with one attached hydrogen (secondary N) is 1. The van der Waals surface area contributed by atoms with Crippen molar-refractivity contribution in [2.24, 2.45) is 0 Å². The smallest absolute Gasteiger partial charge is 0.346 e. The number of hydrogen-bond acceptors (Lipinski definition) is 8. The number of fused-ring (bicyclic) bond motifs is 1. The lowest BCUT2D eigenvalue weighted by Gasteiger charge is -2.19. The Labute approximate surface area is 153 Å². The van der Waals surface area contributed by atoms with Gasteiger partial charge in [-0.25, -0.2) is 4.79 Å². The van der Waals surface area contributed by atoms with Gasteiger partial charge in [-0.15, -0.1) is 0 Å². The van der Waals surface area contributed by atoms with E-state index in [2.05, 4.69) is 5.32 Å². The van der Waals surface area contributed by atoms with E-state index in [1.807, 2.05) is 0 Å². The first kappa shape index (κ1) is 18.2. The number of nitro groups is 1. The number of amides is 1. The molecule has 1 atom stereocenters.